The quantitative estimate of drug-likeness (QED) is 0.802. The summed E-state index contributed by atoms with van der Waals surface area (Å²) in [6.45, 7) is 2.38. The number of anilines is 1. The molecule has 1 amide bonds. The van der Waals surface area contributed by atoms with Gasteiger partial charge in [0.05, 0.1) is 23.1 Å². The van der Waals surface area contributed by atoms with Crippen molar-refractivity contribution < 1.29 is 9.21 Å². The Morgan fingerprint density at radius 2 is 2.24 bits per heavy atom. The highest BCUT2D eigenvalue weighted by Crippen LogP contribution is 2.44. The fourth-order valence-electron chi connectivity index (χ4n) is 3.65. The number of pyridine rings is 1. The highest BCUT2D eigenvalue weighted by Gasteiger charge is 2.48. The number of amides is 1. The number of furan rings is 1. The van der Waals surface area contributed by atoms with Gasteiger partial charge >= 0.3 is 0 Å². The summed E-state index contributed by atoms with van der Waals surface area (Å²) in [5.41, 5.74) is 2.28. The number of carbonyl (C=O) groups excluding carboxylic acids is 1. The summed E-state index contributed by atoms with van der Waals surface area (Å²) in [5.74, 6) is 0.392. The van der Waals surface area contributed by atoms with Gasteiger partial charge in [-0.3, -0.25) is 9.78 Å². The summed E-state index contributed by atoms with van der Waals surface area (Å²) >= 11 is 0. The van der Waals surface area contributed by atoms with Crippen molar-refractivity contribution in [2.24, 2.45) is 0 Å². The molecule has 5 nitrogen and oxygen atoms in total. The molecule has 0 radical (unpaired) electrons. The Morgan fingerprint density at radius 1 is 1.33 bits per heavy atom. The van der Waals surface area contributed by atoms with Gasteiger partial charge < -0.3 is 14.2 Å². The minimum absolute atomic E-state index is 0.0242. The molecule has 1 atom stereocenters. The molecule has 0 unspecified atom stereocenters. The fourth-order valence-corrected chi connectivity index (χ4v) is 3.65. The molecule has 4 rings (SSSR count). The summed E-state index contributed by atoms with van der Waals surface area (Å²) in [6.07, 6.45) is 4.34. The summed E-state index contributed by atoms with van der Waals surface area (Å²) in [6, 6.07) is 7.54. The maximum atomic E-state index is 12.4. The van der Waals surface area contributed by atoms with Gasteiger partial charge in [0.25, 0.3) is 5.91 Å². The van der Waals surface area contributed by atoms with Gasteiger partial charge in [0, 0.05) is 32.9 Å². The number of likely N-dealkylation sites (N-methyl/N-ethyl adjacent to an activating group) is 1. The van der Waals surface area contributed by atoms with E-state index in [-0.39, 0.29) is 11.3 Å². The van der Waals surface area contributed by atoms with Crippen LogP contribution in [0.25, 0.3) is 0 Å². The molecule has 2 aromatic heterocycles. The van der Waals surface area contributed by atoms with Crippen LogP contribution < -0.4 is 4.90 Å². The molecule has 1 fully saturated rings. The van der Waals surface area contributed by atoms with Crippen molar-refractivity contribution in [1.82, 2.24) is 9.88 Å². The monoisotopic (exact) mass is 283 g/mol. The van der Waals surface area contributed by atoms with Crippen LogP contribution >= 0.6 is 0 Å². The van der Waals surface area contributed by atoms with Crippen LogP contribution in [0.4, 0.5) is 5.69 Å². The fraction of sp³-hybridized carbons (Fsp3) is 0.375. The Balaban J connectivity index is 1.64. The Labute approximate surface area is 123 Å². The maximum Gasteiger partial charge on any atom is 0.289 e. The Hall–Kier alpha value is -2.30. The van der Waals surface area contributed by atoms with E-state index >= 15 is 0 Å². The number of carbonyl (C=O) groups is 1. The molecule has 21 heavy (non-hydrogen) atoms. The van der Waals surface area contributed by atoms with Crippen LogP contribution in [0.1, 0.15) is 22.7 Å². The average molecular weight is 283 g/mol. The van der Waals surface area contributed by atoms with E-state index in [0.29, 0.717) is 12.3 Å². The third-order valence-corrected chi connectivity index (χ3v) is 4.61. The topological polar surface area (TPSA) is 49.6 Å². The third-order valence-electron chi connectivity index (χ3n) is 4.61. The molecule has 2 aromatic rings. The number of hydrogen-bond acceptors (Lipinski definition) is 4. The van der Waals surface area contributed by atoms with Gasteiger partial charge in [0.2, 0.25) is 0 Å². The lowest BCUT2D eigenvalue weighted by atomic mass is 9.85. The average Bonchev–Trinajstić information content (AvgIpc) is 3.21. The van der Waals surface area contributed by atoms with Crippen LogP contribution in [0.5, 0.6) is 0 Å². The molecule has 1 saturated heterocycles. The Bertz CT molecular complexity index is 683. The van der Waals surface area contributed by atoms with Crippen LogP contribution in [0.3, 0.4) is 0 Å². The SMILES string of the molecule is CN1C[C@]2(CCN(C(=O)c3ccco3)C2)c2ncccc21. The first-order valence-electron chi connectivity index (χ1n) is 7.19. The molecule has 1 spiro atoms. The van der Waals surface area contributed by atoms with Crippen molar-refractivity contribution >= 4 is 11.6 Å². The summed E-state index contributed by atoms with van der Waals surface area (Å²) in [7, 11) is 2.09. The summed E-state index contributed by atoms with van der Waals surface area (Å²) in [4.78, 5) is 21.2. The molecule has 0 saturated carbocycles. The van der Waals surface area contributed by atoms with Gasteiger partial charge in [-0.2, -0.15) is 0 Å². The standard InChI is InChI=1S/C16H17N3O2/c1-18-10-16(14-12(18)4-2-7-17-14)6-8-19(11-16)15(20)13-5-3-9-21-13/h2-5,7,9H,6,8,10-11H2,1H3/t16-/m0/s1. The van der Waals surface area contributed by atoms with Gasteiger partial charge in [-0.1, -0.05) is 0 Å². The van der Waals surface area contributed by atoms with E-state index in [1.807, 2.05) is 17.2 Å². The van der Waals surface area contributed by atoms with Crippen LogP contribution in [-0.2, 0) is 5.41 Å². The second-order valence-electron chi connectivity index (χ2n) is 5.96. The normalized spacial score (nSPS) is 23.9. The molecule has 2 aliphatic heterocycles. The van der Waals surface area contributed by atoms with E-state index in [1.165, 1.54) is 5.69 Å². The molecule has 0 aliphatic carbocycles. The lowest BCUT2D eigenvalue weighted by molar-refractivity contribution is 0.0752. The van der Waals surface area contributed by atoms with Crippen molar-refractivity contribution in [1.29, 1.82) is 0 Å². The zero-order valence-electron chi connectivity index (χ0n) is 12.0. The summed E-state index contributed by atoms with van der Waals surface area (Å²) in [5, 5.41) is 0. The lowest BCUT2D eigenvalue weighted by Crippen LogP contribution is -2.37. The molecule has 0 aromatic carbocycles. The van der Waals surface area contributed by atoms with E-state index in [4.69, 9.17) is 4.42 Å². The minimum Gasteiger partial charge on any atom is -0.459 e. The van der Waals surface area contributed by atoms with E-state index < -0.39 is 0 Å². The van der Waals surface area contributed by atoms with Crippen LogP contribution in [0.15, 0.2) is 41.1 Å². The van der Waals surface area contributed by atoms with Crippen molar-refractivity contribution in [2.45, 2.75) is 11.8 Å². The Morgan fingerprint density at radius 3 is 3.05 bits per heavy atom. The molecule has 5 heteroatoms. The van der Waals surface area contributed by atoms with E-state index in [2.05, 4.69) is 23.0 Å². The van der Waals surface area contributed by atoms with Crippen LogP contribution in [-0.4, -0.2) is 42.5 Å². The molecular formula is C16H17N3O2. The van der Waals surface area contributed by atoms with Crippen LogP contribution in [0.2, 0.25) is 0 Å². The first-order valence-corrected chi connectivity index (χ1v) is 7.19. The Kier molecular flexibility index (Phi) is 2.58. The molecule has 0 N–H and O–H groups in total. The van der Waals surface area contributed by atoms with Crippen molar-refractivity contribution in [3.8, 4) is 0 Å². The lowest BCUT2D eigenvalue weighted by Gasteiger charge is -2.24. The number of hydrogen-bond donors (Lipinski definition) is 0. The zero-order valence-corrected chi connectivity index (χ0v) is 12.0. The zero-order chi connectivity index (χ0) is 14.4. The molecule has 2 aliphatic rings. The smallest absolute Gasteiger partial charge is 0.289 e. The minimum atomic E-state index is -0.0341. The van der Waals surface area contributed by atoms with E-state index in [9.17, 15) is 4.79 Å². The number of rotatable bonds is 1. The summed E-state index contributed by atoms with van der Waals surface area (Å²) < 4.78 is 5.23. The van der Waals surface area contributed by atoms with Crippen LogP contribution in [0, 0.1) is 0 Å². The second-order valence-corrected chi connectivity index (χ2v) is 5.96. The predicted octanol–water partition coefficient (Wildman–Crippen LogP) is 1.91. The first-order chi connectivity index (χ1) is 10.2. The number of fused-ring (bicyclic) bond motifs is 2. The molecule has 108 valence electrons. The molecule has 4 heterocycles. The number of nitrogens with zero attached hydrogens (tertiary/aromatic N) is 3. The van der Waals surface area contributed by atoms with E-state index in [0.717, 1.165) is 25.2 Å². The predicted molar refractivity (Wildman–Crippen MR) is 78.4 cm³/mol. The number of aromatic nitrogens is 1. The molecular weight excluding hydrogens is 266 g/mol. The third kappa shape index (κ3) is 1.77. The molecule has 0 bridgehead atoms. The van der Waals surface area contributed by atoms with Crippen molar-refractivity contribution in [3.63, 3.8) is 0 Å². The van der Waals surface area contributed by atoms with Crippen molar-refractivity contribution in [2.75, 3.05) is 31.6 Å². The van der Waals surface area contributed by atoms with Gasteiger partial charge in [0.1, 0.15) is 0 Å². The number of likely N-dealkylation sites (tertiary alicyclic amines) is 1. The highest BCUT2D eigenvalue weighted by atomic mass is 16.3. The van der Waals surface area contributed by atoms with Gasteiger partial charge in [0.15, 0.2) is 5.76 Å². The maximum absolute atomic E-state index is 12.4. The van der Waals surface area contributed by atoms with Crippen molar-refractivity contribution in [3.05, 3.63) is 48.2 Å². The first kappa shape index (κ1) is 12.4. The largest absolute Gasteiger partial charge is 0.459 e. The second kappa shape index (κ2) is 4.35. The van der Waals surface area contributed by atoms with Gasteiger partial charge in [-0.25, -0.2) is 0 Å². The highest BCUT2D eigenvalue weighted by molar-refractivity contribution is 5.91. The van der Waals surface area contributed by atoms with Gasteiger partial charge in [-0.05, 0) is 30.7 Å². The van der Waals surface area contributed by atoms with E-state index in [1.54, 1.807) is 18.4 Å². The van der Waals surface area contributed by atoms with Gasteiger partial charge in [-0.15, -0.1) is 0 Å².